The highest BCUT2D eigenvalue weighted by atomic mass is 79.9. The summed E-state index contributed by atoms with van der Waals surface area (Å²) < 4.78 is 8.30. The number of imidazole rings is 1. The molecule has 0 fully saturated rings. The van der Waals surface area contributed by atoms with E-state index in [0.29, 0.717) is 0 Å². The van der Waals surface area contributed by atoms with Crippen LogP contribution in [-0.2, 0) is 13.0 Å². The van der Waals surface area contributed by atoms with Gasteiger partial charge in [-0.1, -0.05) is 6.07 Å². The van der Waals surface area contributed by atoms with Crippen LogP contribution in [0.15, 0.2) is 35.2 Å². The van der Waals surface area contributed by atoms with Crippen LogP contribution >= 0.6 is 15.9 Å². The summed E-state index contributed by atoms with van der Waals surface area (Å²) in [6.07, 6.45) is 4.93. The molecule has 4 nitrogen and oxygen atoms in total. The minimum Gasteiger partial charge on any atom is -0.496 e. The molecule has 0 aliphatic rings. The lowest BCUT2D eigenvalue weighted by atomic mass is 10.2. The van der Waals surface area contributed by atoms with Crippen LogP contribution in [0.2, 0.25) is 0 Å². The third-order valence-electron chi connectivity index (χ3n) is 2.90. The van der Waals surface area contributed by atoms with Gasteiger partial charge in [-0.05, 0) is 40.7 Å². The van der Waals surface area contributed by atoms with E-state index < -0.39 is 0 Å². The van der Waals surface area contributed by atoms with E-state index >= 15 is 0 Å². The largest absolute Gasteiger partial charge is 0.496 e. The normalized spacial score (nSPS) is 10.7. The fourth-order valence-corrected chi connectivity index (χ4v) is 2.48. The Bertz CT molecular complexity index is 539. The van der Waals surface area contributed by atoms with Gasteiger partial charge in [-0.2, -0.15) is 0 Å². The van der Waals surface area contributed by atoms with Gasteiger partial charge in [0.1, 0.15) is 5.75 Å². The monoisotopic (exact) mass is 323 g/mol. The second-order valence-corrected chi connectivity index (χ2v) is 5.21. The third kappa shape index (κ3) is 3.81. The molecular formula is C14H18BrN3O. The number of halogens is 1. The van der Waals surface area contributed by atoms with Crippen molar-refractivity contribution < 1.29 is 4.74 Å². The molecule has 0 bridgehead atoms. The van der Waals surface area contributed by atoms with E-state index in [9.17, 15) is 0 Å². The van der Waals surface area contributed by atoms with Gasteiger partial charge in [-0.3, -0.25) is 0 Å². The Morgan fingerprint density at radius 2 is 2.26 bits per heavy atom. The van der Waals surface area contributed by atoms with Crippen molar-refractivity contribution >= 4 is 15.9 Å². The molecule has 0 unspecified atom stereocenters. The summed E-state index contributed by atoms with van der Waals surface area (Å²) in [5, 5.41) is 3.13. The van der Waals surface area contributed by atoms with Gasteiger partial charge in [0.15, 0.2) is 0 Å². The van der Waals surface area contributed by atoms with E-state index in [1.54, 1.807) is 7.11 Å². The molecule has 102 valence electrons. The smallest absolute Gasteiger partial charge is 0.133 e. The first-order valence-corrected chi connectivity index (χ1v) is 7.00. The Kier molecular flexibility index (Phi) is 4.99. The molecule has 1 aromatic carbocycles. The highest BCUT2D eigenvalue weighted by Crippen LogP contribution is 2.25. The van der Waals surface area contributed by atoms with Crippen LogP contribution in [0.5, 0.6) is 5.75 Å². The van der Waals surface area contributed by atoms with Gasteiger partial charge in [-0.15, -0.1) is 0 Å². The van der Waals surface area contributed by atoms with Crippen molar-refractivity contribution in [2.24, 2.45) is 0 Å². The van der Waals surface area contributed by atoms with Crippen LogP contribution < -0.4 is 10.1 Å². The molecule has 0 aliphatic carbocycles. The minimum atomic E-state index is 0.815. The molecule has 0 radical (unpaired) electrons. The maximum atomic E-state index is 5.23. The van der Waals surface area contributed by atoms with Crippen molar-refractivity contribution in [3.05, 3.63) is 46.5 Å². The second-order valence-electron chi connectivity index (χ2n) is 4.36. The van der Waals surface area contributed by atoms with Gasteiger partial charge < -0.3 is 14.6 Å². The lowest BCUT2D eigenvalue weighted by Gasteiger charge is -2.06. The maximum absolute atomic E-state index is 5.23. The SMILES string of the molecule is CNCCc1cn(Cc2ccc(OC)c(Br)c2)cn1. The molecular weight excluding hydrogens is 306 g/mol. The fraction of sp³-hybridized carbons (Fsp3) is 0.357. The van der Waals surface area contributed by atoms with Crippen molar-refractivity contribution in [2.75, 3.05) is 20.7 Å². The van der Waals surface area contributed by atoms with Gasteiger partial charge >= 0.3 is 0 Å². The molecule has 0 atom stereocenters. The topological polar surface area (TPSA) is 39.1 Å². The van der Waals surface area contributed by atoms with Gasteiger partial charge in [0, 0.05) is 25.7 Å². The first kappa shape index (κ1) is 14.1. The number of nitrogens with zero attached hydrogens (tertiary/aromatic N) is 2. The van der Waals surface area contributed by atoms with Crippen molar-refractivity contribution in [2.45, 2.75) is 13.0 Å². The Morgan fingerprint density at radius 3 is 2.95 bits per heavy atom. The quantitative estimate of drug-likeness (QED) is 0.887. The zero-order valence-electron chi connectivity index (χ0n) is 11.2. The highest BCUT2D eigenvalue weighted by Gasteiger charge is 2.03. The van der Waals surface area contributed by atoms with Crippen LogP contribution in [0.25, 0.3) is 0 Å². The highest BCUT2D eigenvalue weighted by molar-refractivity contribution is 9.10. The Hall–Kier alpha value is -1.33. The molecule has 19 heavy (non-hydrogen) atoms. The summed E-state index contributed by atoms with van der Waals surface area (Å²) in [4.78, 5) is 4.39. The number of aromatic nitrogens is 2. The van der Waals surface area contributed by atoms with E-state index in [-0.39, 0.29) is 0 Å². The average Bonchev–Trinajstić information content (AvgIpc) is 2.84. The molecule has 1 heterocycles. The molecule has 0 saturated carbocycles. The van der Waals surface area contributed by atoms with E-state index in [2.05, 4.69) is 49.1 Å². The summed E-state index contributed by atoms with van der Waals surface area (Å²) in [6, 6.07) is 6.11. The summed E-state index contributed by atoms with van der Waals surface area (Å²) in [5.74, 6) is 0.851. The number of likely N-dealkylation sites (N-methyl/N-ethyl adjacent to an activating group) is 1. The summed E-state index contributed by atoms with van der Waals surface area (Å²) in [5.41, 5.74) is 2.33. The number of rotatable bonds is 6. The molecule has 5 heteroatoms. The number of ether oxygens (including phenoxy) is 1. The van der Waals surface area contributed by atoms with Crippen molar-refractivity contribution in [3.8, 4) is 5.75 Å². The predicted molar refractivity (Wildman–Crippen MR) is 79.7 cm³/mol. The van der Waals surface area contributed by atoms with Crippen molar-refractivity contribution in [1.82, 2.24) is 14.9 Å². The molecule has 0 spiro atoms. The van der Waals surface area contributed by atoms with Crippen molar-refractivity contribution in [1.29, 1.82) is 0 Å². The average molecular weight is 324 g/mol. The summed E-state index contributed by atoms with van der Waals surface area (Å²) in [7, 11) is 3.62. The molecule has 0 saturated heterocycles. The summed E-state index contributed by atoms with van der Waals surface area (Å²) >= 11 is 3.50. The number of nitrogens with one attached hydrogen (secondary N) is 1. The van der Waals surface area contributed by atoms with E-state index in [0.717, 1.165) is 35.4 Å². The van der Waals surface area contributed by atoms with Crippen LogP contribution in [0.3, 0.4) is 0 Å². The third-order valence-corrected chi connectivity index (χ3v) is 3.52. The maximum Gasteiger partial charge on any atom is 0.133 e. The van der Waals surface area contributed by atoms with E-state index in [1.807, 2.05) is 19.4 Å². The Morgan fingerprint density at radius 1 is 1.42 bits per heavy atom. The molecule has 0 aliphatic heterocycles. The van der Waals surface area contributed by atoms with Gasteiger partial charge in [0.25, 0.3) is 0 Å². The fourth-order valence-electron chi connectivity index (χ4n) is 1.89. The minimum absolute atomic E-state index is 0.815. The first-order chi connectivity index (χ1) is 9.22. The Labute approximate surface area is 121 Å². The van der Waals surface area contributed by atoms with Crippen LogP contribution in [0.4, 0.5) is 0 Å². The van der Waals surface area contributed by atoms with Crippen LogP contribution in [-0.4, -0.2) is 30.3 Å². The van der Waals surface area contributed by atoms with Gasteiger partial charge in [-0.25, -0.2) is 4.98 Å². The zero-order valence-corrected chi connectivity index (χ0v) is 12.8. The Balaban J connectivity index is 2.04. The lowest BCUT2D eigenvalue weighted by Crippen LogP contribution is -2.10. The van der Waals surface area contributed by atoms with Gasteiger partial charge in [0.05, 0.1) is 23.6 Å². The molecule has 2 rings (SSSR count). The molecule has 1 aromatic heterocycles. The van der Waals surface area contributed by atoms with Crippen molar-refractivity contribution in [3.63, 3.8) is 0 Å². The summed E-state index contributed by atoms with van der Waals surface area (Å²) in [6.45, 7) is 1.76. The molecule has 1 N–H and O–H groups in total. The number of benzene rings is 1. The lowest BCUT2D eigenvalue weighted by molar-refractivity contribution is 0.412. The van der Waals surface area contributed by atoms with Crippen LogP contribution in [0.1, 0.15) is 11.3 Å². The first-order valence-electron chi connectivity index (χ1n) is 6.20. The van der Waals surface area contributed by atoms with Crippen LogP contribution in [0, 0.1) is 0 Å². The molecule has 0 amide bonds. The van der Waals surface area contributed by atoms with Gasteiger partial charge in [0.2, 0.25) is 0 Å². The van der Waals surface area contributed by atoms with E-state index in [1.165, 1.54) is 5.56 Å². The number of hydrogen-bond acceptors (Lipinski definition) is 3. The molecule has 2 aromatic rings. The van der Waals surface area contributed by atoms with E-state index in [4.69, 9.17) is 4.74 Å². The standard InChI is InChI=1S/C14H18BrN3O/c1-16-6-5-12-9-18(10-17-12)8-11-3-4-14(19-2)13(15)7-11/h3-4,7,9-10,16H,5-6,8H2,1-2H3. The number of hydrogen-bond donors (Lipinski definition) is 1. The predicted octanol–water partition coefficient (Wildman–Crippen LogP) is 2.46. The zero-order chi connectivity index (χ0) is 13.7. The number of methoxy groups -OCH3 is 1. The second kappa shape index (κ2) is 6.73.